The van der Waals surface area contributed by atoms with Gasteiger partial charge in [-0.05, 0) is 66.6 Å². The van der Waals surface area contributed by atoms with Crippen LogP contribution in [0.15, 0.2) is 48.5 Å². The summed E-state index contributed by atoms with van der Waals surface area (Å²) in [6.45, 7) is 7.26. The first-order valence-electron chi connectivity index (χ1n) is 14.5. The first-order chi connectivity index (χ1) is 20.7. The van der Waals surface area contributed by atoms with Gasteiger partial charge in [-0.15, -0.1) is 0 Å². The fourth-order valence-electron chi connectivity index (χ4n) is 5.31. The Bertz CT molecular complexity index is 1400. The first kappa shape index (κ1) is 32.6. The standard InChI is InChI=1S/C33H41ClN2O7/c1-21-23(20-43-32-16-31(41-3)24(15-28(32)34)17-35-29(19-37)33(39)40)7-4-8-26(21)27-9-5-10-30(22(27)2)42-14-6-12-36-13-11-25(38)18-36/h4-5,7-10,15-16,25,29,35,37-38H,6,11-14,17-20H2,1-3H3,(H,39,40)/t25?,29-/m0/s1. The molecule has 10 heteroatoms. The number of likely N-dealkylation sites (tertiary alicyclic amines) is 1. The highest BCUT2D eigenvalue weighted by atomic mass is 35.5. The molecule has 0 bridgehead atoms. The molecule has 0 spiro atoms. The molecule has 0 radical (unpaired) electrons. The number of halogens is 1. The normalized spacial score (nSPS) is 15.8. The lowest BCUT2D eigenvalue weighted by Crippen LogP contribution is -2.39. The second-order valence-electron chi connectivity index (χ2n) is 10.8. The van der Waals surface area contributed by atoms with Crippen LogP contribution in [-0.2, 0) is 17.9 Å². The number of nitrogens with one attached hydrogen (secondary N) is 1. The van der Waals surface area contributed by atoms with Crippen LogP contribution in [0.25, 0.3) is 11.1 Å². The molecular weight excluding hydrogens is 572 g/mol. The molecule has 43 heavy (non-hydrogen) atoms. The monoisotopic (exact) mass is 612 g/mol. The topological polar surface area (TPSA) is 121 Å². The molecule has 232 valence electrons. The molecule has 1 heterocycles. The van der Waals surface area contributed by atoms with Crippen LogP contribution in [-0.4, -0.2) is 78.3 Å². The Hall–Kier alpha value is -3.34. The summed E-state index contributed by atoms with van der Waals surface area (Å²) in [4.78, 5) is 13.5. The molecule has 1 aliphatic heterocycles. The molecule has 3 aromatic carbocycles. The first-order valence-corrected chi connectivity index (χ1v) is 14.9. The van der Waals surface area contributed by atoms with Crippen molar-refractivity contribution in [2.75, 3.05) is 40.0 Å². The van der Waals surface area contributed by atoms with Gasteiger partial charge in [-0.1, -0.05) is 41.9 Å². The quantitative estimate of drug-likeness (QED) is 0.183. The SMILES string of the molecule is COc1cc(OCc2cccc(-c3cccc(OCCCN4CCC(O)C4)c3C)c2C)c(Cl)cc1CN[C@@H](CO)C(=O)O. The third-order valence-electron chi connectivity index (χ3n) is 7.88. The van der Waals surface area contributed by atoms with Crippen molar-refractivity contribution in [3.05, 3.63) is 75.8 Å². The number of benzene rings is 3. The molecule has 1 fully saturated rings. The van der Waals surface area contributed by atoms with Crippen molar-refractivity contribution in [1.82, 2.24) is 10.2 Å². The van der Waals surface area contributed by atoms with E-state index in [9.17, 15) is 15.0 Å². The van der Waals surface area contributed by atoms with Gasteiger partial charge in [0.15, 0.2) is 0 Å². The maximum atomic E-state index is 11.2. The highest BCUT2D eigenvalue weighted by Gasteiger charge is 2.20. The minimum absolute atomic E-state index is 0.145. The van der Waals surface area contributed by atoms with E-state index >= 15 is 0 Å². The fraction of sp³-hybridized carbons (Fsp3) is 0.424. The van der Waals surface area contributed by atoms with E-state index in [0.717, 1.165) is 66.0 Å². The Kier molecular flexibility index (Phi) is 11.7. The fourth-order valence-corrected chi connectivity index (χ4v) is 5.55. The summed E-state index contributed by atoms with van der Waals surface area (Å²) >= 11 is 6.54. The molecule has 2 atom stereocenters. The Morgan fingerprint density at radius 2 is 1.79 bits per heavy atom. The average molecular weight is 613 g/mol. The van der Waals surface area contributed by atoms with E-state index in [1.807, 2.05) is 24.3 Å². The van der Waals surface area contributed by atoms with E-state index in [4.69, 9.17) is 30.9 Å². The minimum atomic E-state index is -1.14. The van der Waals surface area contributed by atoms with Gasteiger partial charge >= 0.3 is 5.97 Å². The molecule has 0 saturated carbocycles. The van der Waals surface area contributed by atoms with E-state index in [0.29, 0.717) is 28.7 Å². The predicted molar refractivity (Wildman–Crippen MR) is 166 cm³/mol. The van der Waals surface area contributed by atoms with Crippen LogP contribution in [0.5, 0.6) is 17.2 Å². The van der Waals surface area contributed by atoms with Crippen LogP contribution in [0.1, 0.15) is 35.1 Å². The Morgan fingerprint density at radius 3 is 2.47 bits per heavy atom. The van der Waals surface area contributed by atoms with Crippen LogP contribution in [0, 0.1) is 13.8 Å². The number of carboxylic acids is 1. The Labute approximate surface area is 258 Å². The largest absolute Gasteiger partial charge is 0.496 e. The van der Waals surface area contributed by atoms with Gasteiger partial charge in [0, 0.05) is 37.8 Å². The molecule has 4 N–H and O–H groups in total. The van der Waals surface area contributed by atoms with E-state index in [-0.39, 0.29) is 19.3 Å². The van der Waals surface area contributed by atoms with Gasteiger partial charge in [-0.2, -0.15) is 0 Å². The van der Waals surface area contributed by atoms with Gasteiger partial charge in [0.25, 0.3) is 0 Å². The third kappa shape index (κ3) is 8.40. The summed E-state index contributed by atoms with van der Waals surface area (Å²) in [7, 11) is 1.52. The summed E-state index contributed by atoms with van der Waals surface area (Å²) in [6, 6.07) is 14.5. The molecule has 4 rings (SSSR count). The molecule has 1 saturated heterocycles. The molecule has 1 unspecified atom stereocenters. The van der Waals surface area contributed by atoms with Crippen LogP contribution in [0.2, 0.25) is 5.02 Å². The highest BCUT2D eigenvalue weighted by molar-refractivity contribution is 6.32. The average Bonchev–Trinajstić information content (AvgIpc) is 3.41. The number of carboxylic acid groups (broad SMARTS) is 1. The summed E-state index contributed by atoms with van der Waals surface area (Å²) < 4.78 is 17.8. The number of aliphatic hydroxyl groups is 2. The third-order valence-corrected chi connectivity index (χ3v) is 8.18. The van der Waals surface area contributed by atoms with Gasteiger partial charge in [0.05, 0.1) is 31.5 Å². The second-order valence-corrected chi connectivity index (χ2v) is 11.2. The number of aliphatic hydroxyl groups excluding tert-OH is 2. The lowest BCUT2D eigenvalue weighted by atomic mass is 9.93. The van der Waals surface area contributed by atoms with E-state index in [2.05, 4.69) is 36.2 Å². The van der Waals surface area contributed by atoms with Crippen molar-refractivity contribution in [3.63, 3.8) is 0 Å². The zero-order valence-electron chi connectivity index (χ0n) is 24.9. The Balaban J connectivity index is 1.42. The van der Waals surface area contributed by atoms with Gasteiger partial charge in [0.2, 0.25) is 0 Å². The number of rotatable bonds is 15. The van der Waals surface area contributed by atoms with Crippen molar-refractivity contribution in [3.8, 4) is 28.4 Å². The number of aliphatic carboxylic acids is 1. The maximum Gasteiger partial charge on any atom is 0.323 e. The van der Waals surface area contributed by atoms with Crippen molar-refractivity contribution in [2.45, 2.75) is 52.0 Å². The zero-order valence-corrected chi connectivity index (χ0v) is 25.7. The summed E-state index contributed by atoms with van der Waals surface area (Å²) in [6.07, 6.45) is 1.54. The lowest BCUT2D eigenvalue weighted by Gasteiger charge is -2.18. The number of carbonyl (C=O) groups is 1. The molecule has 0 amide bonds. The van der Waals surface area contributed by atoms with Crippen LogP contribution < -0.4 is 19.5 Å². The number of nitrogens with zero attached hydrogens (tertiary/aromatic N) is 1. The van der Waals surface area contributed by atoms with Gasteiger partial charge in [-0.25, -0.2) is 0 Å². The van der Waals surface area contributed by atoms with E-state index < -0.39 is 18.6 Å². The van der Waals surface area contributed by atoms with E-state index in [1.165, 1.54) is 7.11 Å². The molecule has 0 aromatic heterocycles. The smallest absolute Gasteiger partial charge is 0.323 e. The van der Waals surface area contributed by atoms with Gasteiger partial charge in [-0.3, -0.25) is 10.1 Å². The highest BCUT2D eigenvalue weighted by Crippen LogP contribution is 2.36. The summed E-state index contributed by atoms with van der Waals surface area (Å²) in [5, 5.41) is 31.3. The van der Waals surface area contributed by atoms with Crippen LogP contribution >= 0.6 is 11.6 Å². The van der Waals surface area contributed by atoms with Crippen LogP contribution in [0.4, 0.5) is 0 Å². The van der Waals surface area contributed by atoms with Gasteiger partial charge < -0.3 is 34.4 Å². The number of hydrogen-bond donors (Lipinski definition) is 4. The van der Waals surface area contributed by atoms with Crippen LogP contribution in [0.3, 0.4) is 0 Å². The molecule has 1 aliphatic rings. The number of β-amino-alcohol motifs (C(OH)–C–C–N with tert-alkyl or cyclic N) is 1. The van der Waals surface area contributed by atoms with Crippen molar-refractivity contribution >= 4 is 17.6 Å². The molecule has 3 aromatic rings. The zero-order chi connectivity index (χ0) is 30.9. The van der Waals surface area contributed by atoms with E-state index in [1.54, 1.807) is 12.1 Å². The molecular formula is C33H41ClN2O7. The minimum Gasteiger partial charge on any atom is -0.496 e. The van der Waals surface area contributed by atoms with Gasteiger partial charge in [0.1, 0.15) is 29.9 Å². The lowest BCUT2D eigenvalue weighted by molar-refractivity contribution is -0.140. The van der Waals surface area contributed by atoms with Crippen molar-refractivity contribution < 1.29 is 34.3 Å². The summed E-state index contributed by atoms with van der Waals surface area (Å²) in [5.74, 6) is 0.653. The molecule has 9 nitrogen and oxygen atoms in total. The second kappa shape index (κ2) is 15.4. The van der Waals surface area contributed by atoms with Crippen molar-refractivity contribution in [2.24, 2.45) is 0 Å². The predicted octanol–water partition coefficient (Wildman–Crippen LogP) is 4.58. The number of hydrogen-bond acceptors (Lipinski definition) is 8. The maximum absolute atomic E-state index is 11.2. The number of methoxy groups -OCH3 is 1. The molecule has 0 aliphatic carbocycles. The number of ether oxygens (including phenoxy) is 3. The summed E-state index contributed by atoms with van der Waals surface area (Å²) in [5.41, 5.74) is 6.00. The van der Waals surface area contributed by atoms with Crippen molar-refractivity contribution in [1.29, 1.82) is 0 Å². The Morgan fingerprint density at radius 1 is 1.05 bits per heavy atom.